The zero-order valence-electron chi connectivity index (χ0n) is 15.1. The van der Waals surface area contributed by atoms with Crippen LogP contribution in [0.1, 0.15) is 43.2 Å². The second-order valence-corrected chi connectivity index (χ2v) is 7.28. The van der Waals surface area contributed by atoms with Crippen LogP contribution >= 0.6 is 0 Å². The molecule has 1 saturated carbocycles. The molecule has 0 amide bonds. The van der Waals surface area contributed by atoms with Gasteiger partial charge < -0.3 is 0 Å². The van der Waals surface area contributed by atoms with Crippen molar-refractivity contribution < 1.29 is 13.2 Å². The Morgan fingerprint density at radius 1 is 1.00 bits per heavy atom. The molecule has 0 bridgehead atoms. The van der Waals surface area contributed by atoms with E-state index in [2.05, 4.69) is 12.1 Å². The summed E-state index contributed by atoms with van der Waals surface area (Å²) in [4.78, 5) is 0. The zero-order valence-corrected chi connectivity index (χ0v) is 15.1. The summed E-state index contributed by atoms with van der Waals surface area (Å²) in [5.74, 6) is 0.139. The van der Waals surface area contributed by atoms with Crippen LogP contribution in [-0.2, 0) is 6.42 Å². The lowest BCUT2D eigenvalue weighted by atomic mass is 9.79. The average Bonchev–Trinajstić information content (AvgIpc) is 2.67. The summed E-state index contributed by atoms with van der Waals surface area (Å²) in [7, 11) is 0. The molecule has 2 aromatic carbocycles. The lowest BCUT2D eigenvalue weighted by Gasteiger charge is -2.26. The van der Waals surface area contributed by atoms with E-state index < -0.39 is 11.9 Å². The van der Waals surface area contributed by atoms with Crippen LogP contribution in [0.4, 0.5) is 13.2 Å². The van der Waals surface area contributed by atoms with E-state index in [9.17, 15) is 13.2 Å². The molecule has 27 heavy (non-hydrogen) atoms. The third-order valence-electron chi connectivity index (χ3n) is 5.47. The van der Waals surface area contributed by atoms with Crippen molar-refractivity contribution in [3.05, 3.63) is 71.6 Å². The fraction of sp³-hybridized carbons (Fsp3) is 0.348. The Labute approximate surface area is 158 Å². The highest BCUT2D eigenvalue weighted by Gasteiger charge is 2.20. The average molecular weight is 369 g/mol. The topological polar surface area (TPSA) is 23.8 Å². The van der Waals surface area contributed by atoms with Gasteiger partial charge in [-0.3, -0.25) is 0 Å². The van der Waals surface area contributed by atoms with Gasteiger partial charge in [-0.25, -0.2) is 4.39 Å². The highest BCUT2D eigenvalue weighted by molar-refractivity contribution is 5.64. The Hall–Kier alpha value is -2.54. The monoisotopic (exact) mass is 369 g/mol. The van der Waals surface area contributed by atoms with Crippen molar-refractivity contribution in [2.24, 2.45) is 11.8 Å². The second-order valence-electron chi connectivity index (χ2n) is 7.28. The Bertz CT molecular complexity index is 837. The van der Waals surface area contributed by atoms with Gasteiger partial charge in [0.05, 0.1) is 5.56 Å². The van der Waals surface area contributed by atoms with Gasteiger partial charge in [0.15, 0.2) is 0 Å². The molecule has 1 fully saturated rings. The molecule has 140 valence electrons. The first kappa shape index (κ1) is 19.2. The summed E-state index contributed by atoms with van der Waals surface area (Å²) in [5.41, 5.74) is 2.95. The highest BCUT2D eigenvalue weighted by Crippen LogP contribution is 2.33. The first-order chi connectivity index (χ1) is 13.0. The van der Waals surface area contributed by atoms with Crippen molar-refractivity contribution in [1.29, 1.82) is 5.26 Å². The Morgan fingerprint density at radius 3 is 2.26 bits per heavy atom. The SMILES string of the molecule is N#Cc1ccc(-c2ccc(CCC3CCC(C=C(F)F)CC3)cc2)cc1F. The molecule has 1 aliphatic carbocycles. The van der Waals surface area contributed by atoms with Crippen molar-refractivity contribution in [1.82, 2.24) is 0 Å². The van der Waals surface area contributed by atoms with Crippen LogP contribution in [0.5, 0.6) is 0 Å². The molecule has 0 aliphatic heterocycles. The summed E-state index contributed by atoms with van der Waals surface area (Å²) in [6.07, 6.45) is 5.32. The molecule has 0 aromatic heterocycles. The lowest BCUT2D eigenvalue weighted by molar-refractivity contribution is 0.288. The second kappa shape index (κ2) is 8.90. The fourth-order valence-electron chi connectivity index (χ4n) is 3.84. The summed E-state index contributed by atoms with van der Waals surface area (Å²) in [6, 6.07) is 14.5. The number of allylic oxidation sites excluding steroid dienone is 1. The van der Waals surface area contributed by atoms with Crippen LogP contribution in [0, 0.1) is 29.0 Å². The van der Waals surface area contributed by atoms with Crippen LogP contribution in [0.25, 0.3) is 11.1 Å². The molecular weight excluding hydrogens is 347 g/mol. The molecule has 2 aromatic rings. The Balaban J connectivity index is 1.54. The molecule has 3 rings (SSSR count). The van der Waals surface area contributed by atoms with E-state index in [0.29, 0.717) is 5.92 Å². The van der Waals surface area contributed by atoms with Crippen molar-refractivity contribution in [3.63, 3.8) is 0 Å². The molecule has 1 nitrogen and oxygen atoms in total. The van der Waals surface area contributed by atoms with Gasteiger partial charge in [0, 0.05) is 0 Å². The molecule has 0 unspecified atom stereocenters. The third kappa shape index (κ3) is 5.23. The van der Waals surface area contributed by atoms with Crippen LogP contribution in [0.2, 0.25) is 0 Å². The van der Waals surface area contributed by atoms with Crippen LogP contribution in [-0.4, -0.2) is 0 Å². The maximum atomic E-state index is 13.8. The number of rotatable bonds is 5. The van der Waals surface area contributed by atoms with E-state index in [1.54, 1.807) is 6.07 Å². The normalized spacial score (nSPS) is 19.3. The van der Waals surface area contributed by atoms with Gasteiger partial charge in [0.2, 0.25) is 0 Å². The zero-order chi connectivity index (χ0) is 19.2. The van der Waals surface area contributed by atoms with Gasteiger partial charge in [-0.05, 0) is 85.3 Å². The van der Waals surface area contributed by atoms with E-state index in [4.69, 9.17) is 5.26 Å². The Kier molecular flexibility index (Phi) is 6.34. The van der Waals surface area contributed by atoms with Crippen LogP contribution in [0.15, 0.2) is 54.6 Å². The number of benzene rings is 2. The summed E-state index contributed by atoms with van der Waals surface area (Å²) >= 11 is 0. The summed E-state index contributed by atoms with van der Waals surface area (Å²) in [5, 5.41) is 8.81. The molecule has 4 heteroatoms. The highest BCUT2D eigenvalue weighted by atomic mass is 19.3. The number of hydrogen-bond donors (Lipinski definition) is 0. The number of halogens is 3. The van der Waals surface area contributed by atoms with Gasteiger partial charge in [-0.15, -0.1) is 0 Å². The van der Waals surface area contributed by atoms with Gasteiger partial charge in [0.25, 0.3) is 6.08 Å². The smallest absolute Gasteiger partial charge is 0.206 e. The maximum absolute atomic E-state index is 13.8. The molecule has 0 N–H and O–H groups in total. The van der Waals surface area contributed by atoms with E-state index in [0.717, 1.165) is 55.7 Å². The van der Waals surface area contributed by atoms with E-state index in [1.165, 1.54) is 17.7 Å². The fourth-order valence-corrected chi connectivity index (χ4v) is 3.84. The molecule has 0 atom stereocenters. The minimum atomic E-state index is -1.55. The molecule has 0 saturated heterocycles. The summed E-state index contributed by atoms with van der Waals surface area (Å²) in [6.45, 7) is 0. The van der Waals surface area contributed by atoms with Gasteiger partial charge in [0.1, 0.15) is 11.9 Å². The number of aryl methyl sites for hydroxylation is 1. The predicted octanol–water partition coefficient (Wildman–Crippen LogP) is 6.88. The van der Waals surface area contributed by atoms with E-state index in [-0.39, 0.29) is 11.5 Å². The predicted molar refractivity (Wildman–Crippen MR) is 101 cm³/mol. The molecule has 0 heterocycles. The van der Waals surface area contributed by atoms with E-state index in [1.807, 2.05) is 18.2 Å². The maximum Gasteiger partial charge on any atom is 0.266 e. The van der Waals surface area contributed by atoms with Gasteiger partial charge >= 0.3 is 0 Å². The minimum Gasteiger partial charge on any atom is -0.206 e. The van der Waals surface area contributed by atoms with Crippen molar-refractivity contribution in [2.45, 2.75) is 38.5 Å². The molecule has 1 aliphatic rings. The standard InChI is InChI=1S/C23H22F3N/c24-22-14-20(11-12-21(22)15-27)19-9-7-17(8-10-19)2-1-16-3-5-18(6-4-16)13-23(25)26/h7-14,16,18H,1-6H2. The van der Waals surface area contributed by atoms with Crippen molar-refractivity contribution in [2.75, 3.05) is 0 Å². The molecule has 0 spiro atoms. The van der Waals surface area contributed by atoms with Gasteiger partial charge in [-0.2, -0.15) is 14.0 Å². The quantitative estimate of drug-likeness (QED) is 0.563. The molecule has 0 radical (unpaired) electrons. The number of nitriles is 1. The number of hydrogen-bond acceptors (Lipinski definition) is 1. The van der Waals surface area contributed by atoms with E-state index >= 15 is 0 Å². The van der Waals surface area contributed by atoms with Crippen molar-refractivity contribution in [3.8, 4) is 17.2 Å². The summed E-state index contributed by atoms with van der Waals surface area (Å²) < 4.78 is 38.4. The van der Waals surface area contributed by atoms with Crippen LogP contribution in [0.3, 0.4) is 0 Å². The third-order valence-corrected chi connectivity index (χ3v) is 5.47. The Morgan fingerprint density at radius 2 is 1.67 bits per heavy atom. The first-order valence-corrected chi connectivity index (χ1v) is 9.37. The number of nitrogens with zero attached hydrogens (tertiary/aromatic N) is 1. The first-order valence-electron chi connectivity index (χ1n) is 9.37. The van der Waals surface area contributed by atoms with Crippen molar-refractivity contribution >= 4 is 0 Å². The minimum absolute atomic E-state index is 0.0401. The molecular formula is C23H22F3N. The van der Waals surface area contributed by atoms with Gasteiger partial charge in [-0.1, -0.05) is 30.3 Å². The largest absolute Gasteiger partial charge is 0.266 e. The lowest BCUT2D eigenvalue weighted by Crippen LogP contribution is -2.13. The van der Waals surface area contributed by atoms with Crippen LogP contribution < -0.4 is 0 Å².